The number of carbonyl (C=O) groups is 2. The second-order valence-corrected chi connectivity index (χ2v) is 7.96. The molecule has 0 spiro atoms. The van der Waals surface area contributed by atoms with Gasteiger partial charge in [-0.15, -0.1) is 0 Å². The van der Waals surface area contributed by atoms with Gasteiger partial charge in [0.05, 0.1) is 13.1 Å². The number of aliphatic carboxylic acids is 1. The van der Waals surface area contributed by atoms with Crippen molar-refractivity contribution in [2.75, 3.05) is 13.1 Å². The second kappa shape index (κ2) is 5.41. The highest BCUT2D eigenvalue weighted by molar-refractivity contribution is 5.78. The van der Waals surface area contributed by atoms with Crippen molar-refractivity contribution in [3.8, 4) is 0 Å². The van der Waals surface area contributed by atoms with Gasteiger partial charge in [-0.1, -0.05) is 19.8 Å². The van der Waals surface area contributed by atoms with Gasteiger partial charge >= 0.3 is 12.1 Å². The molecule has 1 aliphatic heterocycles. The molecule has 2 unspecified atom stereocenters. The van der Waals surface area contributed by atoms with E-state index < -0.39 is 28.7 Å². The van der Waals surface area contributed by atoms with Crippen LogP contribution < -0.4 is 0 Å². The molecule has 0 aromatic rings. The third kappa shape index (κ3) is 2.93. The van der Waals surface area contributed by atoms with E-state index in [0.29, 0.717) is 12.8 Å². The minimum Gasteiger partial charge on any atom is -0.481 e. The summed E-state index contributed by atoms with van der Waals surface area (Å²) in [5.74, 6) is -0.685. The Bertz CT molecular complexity index is 464. The van der Waals surface area contributed by atoms with Crippen LogP contribution in [-0.4, -0.2) is 51.5 Å². The molecule has 1 amide bonds. The number of amides is 1. The molecule has 6 heteroatoms. The summed E-state index contributed by atoms with van der Waals surface area (Å²) >= 11 is 0. The van der Waals surface area contributed by atoms with E-state index in [0.717, 1.165) is 12.8 Å². The Morgan fingerprint density at radius 3 is 2.32 bits per heavy atom. The molecule has 6 nitrogen and oxygen atoms in total. The molecule has 1 saturated heterocycles. The highest BCUT2D eigenvalue weighted by atomic mass is 16.6. The molecule has 0 aromatic heterocycles. The zero-order chi connectivity index (χ0) is 16.8. The molecular weight excluding hydrogens is 286 g/mol. The second-order valence-electron chi connectivity index (χ2n) is 7.96. The number of aliphatic hydroxyl groups is 1. The summed E-state index contributed by atoms with van der Waals surface area (Å²) in [6.07, 6.45) is 2.21. The Morgan fingerprint density at radius 2 is 1.86 bits per heavy atom. The normalized spacial score (nSPS) is 31.3. The van der Waals surface area contributed by atoms with Crippen LogP contribution in [0.3, 0.4) is 0 Å². The molecular formula is C16H27NO5. The number of rotatable bonds is 2. The molecule has 22 heavy (non-hydrogen) atoms. The lowest BCUT2D eigenvalue weighted by molar-refractivity contribution is -0.207. The Morgan fingerprint density at radius 1 is 1.27 bits per heavy atom. The van der Waals surface area contributed by atoms with Gasteiger partial charge in [0.15, 0.2) is 0 Å². The van der Waals surface area contributed by atoms with Gasteiger partial charge in [0, 0.05) is 0 Å². The predicted octanol–water partition coefficient (Wildman–Crippen LogP) is 2.25. The average Bonchev–Trinajstić information content (AvgIpc) is 2.32. The first kappa shape index (κ1) is 17.1. The first-order chi connectivity index (χ1) is 9.99. The Hall–Kier alpha value is -1.30. The fourth-order valence-electron chi connectivity index (χ4n) is 3.71. The van der Waals surface area contributed by atoms with E-state index in [4.69, 9.17) is 4.74 Å². The van der Waals surface area contributed by atoms with Crippen molar-refractivity contribution in [2.24, 2.45) is 11.3 Å². The van der Waals surface area contributed by atoms with E-state index in [1.807, 2.05) is 6.92 Å². The van der Waals surface area contributed by atoms with Crippen molar-refractivity contribution in [2.45, 2.75) is 64.6 Å². The molecule has 2 aliphatic rings. The third-order valence-electron chi connectivity index (χ3n) is 4.85. The molecule has 1 aliphatic carbocycles. The first-order valence-corrected chi connectivity index (χ1v) is 7.93. The van der Waals surface area contributed by atoms with Gasteiger partial charge in [-0.05, 0) is 39.5 Å². The molecule has 0 aromatic carbocycles. The fourth-order valence-corrected chi connectivity index (χ4v) is 3.71. The monoisotopic (exact) mass is 313 g/mol. The van der Waals surface area contributed by atoms with Gasteiger partial charge < -0.3 is 19.8 Å². The van der Waals surface area contributed by atoms with Gasteiger partial charge in [0.1, 0.15) is 16.6 Å². The lowest BCUT2D eigenvalue weighted by Gasteiger charge is -2.56. The zero-order valence-corrected chi connectivity index (χ0v) is 13.9. The summed E-state index contributed by atoms with van der Waals surface area (Å²) in [6, 6.07) is 0. The first-order valence-electron chi connectivity index (χ1n) is 7.93. The number of hydrogen-bond acceptors (Lipinski definition) is 4. The quantitative estimate of drug-likeness (QED) is 0.816. The van der Waals surface area contributed by atoms with E-state index in [9.17, 15) is 19.8 Å². The van der Waals surface area contributed by atoms with Gasteiger partial charge in [0.25, 0.3) is 0 Å². The van der Waals surface area contributed by atoms with Crippen LogP contribution in [0.1, 0.15) is 53.4 Å². The van der Waals surface area contributed by atoms with E-state index in [1.165, 1.54) is 4.90 Å². The Balaban J connectivity index is 2.09. The van der Waals surface area contributed by atoms with Crippen LogP contribution in [-0.2, 0) is 9.53 Å². The van der Waals surface area contributed by atoms with Crippen molar-refractivity contribution in [3.63, 3.8) is 0 Å². The lowest BCUT2D eigenvalue weighted by atomic mass is 9.58. The predicted molar refractivity (Wildman–Crippen MR) is 80.5 cm³/mol. The fraction of sp³-hybridized carbons (Fsp3) is 0.875. The maximum Gasteiger partial charge on any atom is 0.410 e. The third-order valence-corrected chi connectivity index (χ3v) is 4.85. The summed E-state index contributed by atoms with van der Waals surface area (Å²) in [5, 5.41) is 20.6. The van der Waals surface area contributed by atoms with Crippen molar-refractivity contribution >= 4 is 12.1 Å². The van der Waals surface area contributed by atoms with Gasteiger partial charge in [-0.25, -0.2) is 4.79 Å². The molecule has 1 saturated carbocycles. The number of likely N-dealkylation sites (tertiary alicyclic amines) is 1. The number of carboxylic acid groups (broad SMARTS) is 1. The van der Waals surface area contributed by atoms with Crippen LogP contribution in [0.2, 0.25) is 0 Å². The molecule has 0 bridgehead atoms. The highest BCUT2D eigenvalue weighted by Crippen LogP contribution is 2.50. The van der Waals surface area contributed by atoms with E-state index in [2.05, 4.69) is 0 Å². The zero-order valence-electron chi connectivity index (χ0n) is 13.9. The van der Waals surface area contributed by atoms with Crippen LogP contribution in [0.15, 0.2) is 0 Å². The van der Waals surface area contributed by atoms with Crippen LogP contribution >= 0.6 is 0 Å². The van der Waals surface area contributed by atoms with E-state index in [-0.39, 0.29) is 19.0 Å². The highest BCUT2D eigenvalue weighted by Gasteiger charge is 2.63. The molecule has 0 radical (unpaired) electrons. The molecule has 126 valence electrons. The van der Waals surface area contributed by atoms with Crippen LogP contribution in [0, 0.1) is 11.3 Å². The minimum atomic E-state index is -1.36. The summed E-state index contributed by atoms with van der Waals surface area (Å²) in [7, 11) is 0. The standard InChI is InChI=1S/C16H27NO5/c1-11-6-5-7-15(8-11,12(18)19)16(21)9-17(10-16)13(20)22-14(2,3)4/h11,21H,5-10H2,1-4H3,(H,18,19). The number of carboxylic acids is 1. The van der Waals surface area contributed by atoms with Crippen LogP contribution in [0.5, 0.6) is 0 Å². The van der Waals surface area contributed by atoms with E-state index >= 15 is 0 Å². The van der Waals surface area contributed by atoms with Crippen molar-refractivity contribution in [1.82, 2.24) is 4.90 Å². The van der Waals surface area contributed by atoms with Crippen molar-refractivity contribution in [1.29, 1.82) is 0 Å². The minimum absolute atomic E-state index is 0.0287. The summed E-state index contributed by atoms with van der Waals surface area (Å²) in [5.41, 5.74) is -3.11. The lowest BCUT2D eigenvalue weighted by Crippen LogP contribution is -2.73. The smallest absolute Gasteiger partial charge is 0.410 e. The van der Waals surface area contributed by atoms with Crippen molar-refractivity contribution < 1.29 is 24.5 Å². The number of carbonyl (C=O) groups excluding carboxylic acids is 1. The number of hydrogen-bond donors (Lipinski definition) is 2. The van der Waals surface area contributed by atoms with Gasteiger partial charge in [-0.3, -0.25) is 4.79 Å². The van der Waals surface area contributed by atoms with Gasteiger partial charge in [0.2, 0.25) is 0 Å². The topological polar surface area (TPSA) is 87.1 Å². The maximum atomic E-state index is 12.0. The number of β-amino-alcohol motifs (C(OH)–C–C–N with tert-alkyl or cyclic N) is 1. The van der Waals surface area contributed by atoms with Gasteiger partial charge in [-0.2, -0.15) is 0 Å². The summed E-state index contributed by atoms with van der Waals surface area (Å²) in [4.78, 5) is 25.3. The van der Waals surface area contributed by atoms with Crippen LogP contribution in [0.4, 0.5) is 4.79 Å². The maximum absolute atomic E-state index is 12.0. The molecule has 2 rings (SSSR count). The molecule has 2 atom stereocenters. The van der Waals surface area contributed by atoms with Crippen molar-refractivity contribution in [3.05, 3.63) is 0 Å². The largest absolute Gasteiger partial charge is 0.481 e. The Labute approximate surface area is 131 Å². The average molecular weight is 313 g/mol. The summed E-state index contributed by atoms with van der Waals surface area (Å²) < 4.78 is 5.27. The summed E-state index contributed by atoms with van der Waals surface area (Å²) in [6.45, 7) is 7.40. The number of ether oxygens (including phenoxy) is 1. The number of nitrogens with zero attached hydrogens (tertiary/aromatic N) is 1. The molecule has 2 fully saturated rings. The Kier molecular flexibility index (Phi) is 4.19. The van der Waals surface area contributed by atoms with Crippen LogP contribution in [0.25, 0.3) is 0 Å². The molecule has 2 N–H and O–H groups in total. The SMILES string of the molecule is CC1CCCC(C(=O)O)(C2(O)CN(C(=O)OC(C)(C)C)C2)C1. The van der Waals surface area contributed by atoms with E-state index in [1.54, 1.807) is 20.8 Å². The molecule has 1 heterocycles.